The van der Waals surface area contributed by atoms with Gasteiger partial charge in [-0.15, -0.1) is 0 Å². The smallest absolute Gasteiger partial charge is 0.341 e. The van der Waals surface area contributed by atoms with Gasteiger partial charge in [-0.2, -0.15) is 0 Å². The lowest BCUT2D eigenvalue weighted by molar-refractivity contribution is 0.0697. The minimum absolute atomic E-state index is 0.0900. The molecule has 0 amide bonds. The molecule has 0 radical (unpaired) electrons. The molecular formula is C14H15N3O3. The van der Waals surface area contributed by atoms with Gasteiger partial charge in [-0.3, -0.25) is 0 Å². The molecule has 1 aliphatic carbocycles. The van der Waals surface area contributed by atoms with Crippen molar-refractivity contribution < 1.29 is 14.3 Å². The number of hydrogen-bond acceptors (Lipinski definition) is 5. The van der Waals surface area contributed by atoms with Crippen LogP contribution in [0.5, 0.6) is 0 Å². The van der Waals surface area contributed by atoms with Crippen molar-refractivity contribution in [1.29, 1.82) is 0 Å². The van der Waals surface area contributed by atoms with Crippen molar-refractivity contribution >= 4 is 11.8 Å². The highest BCUT2D eigenvalue weighted by Gasteiger charge is 2.20. The van der Waals surface area contributed by atoms with Gasteiger partial charge < -0.3 is 14.8 Å². The molecule has 20 heavy (non-hydrogen) atoms. The van der Waals surface area contributed by atoms with Gasteiger partial charge in [-0.1, -0.05) is 12.8 Å². The quantitative estimate of drug-likeness (QED) is 0.890. The van der Waals surface area contributed by atoms with Gasteiger partial charge in [0.1, 0.15) is 11.4 Å². The molecule has 2 aromatic heterocycles. The van der Waals surface area contributed by atoms with E-state index in [-0.39, 0.29) is 11.6 Å². The van der Waals surface area contributed by atoms with E-state index in [4.69, 9.17) is 4.42 Å². The second kappa shape index (κ2) is 5.32. The van der Waals surface area contributed by atoms with Crippen molar-refractivity contribution in [3.8, 4) is 11.6 Å². The third-order valence-electron chi connectivity index (χ3n) is 3.46. The molecule has 104 valence electrons. The lowest BCUT2D eigenvalue weighted by Gasteiger charge is -2.14. The Bertz CT molecular complexity index is 604. The number of carboxylic acid groups (broad SMARTS) is 1. The maximum atomic E-state index is 11.2. The van der Waals surface area contributed by atoms with E-state index in [0.717, 1.165) is 25.7 Å². The first-order chi connectivity index (χ1) is 9.74. The van der Waals surface area contributed by atoms with Gasteiger partial charge in [0.15, 0.2) is 11.6 Å². The molecule has 1 aliphatic rings. The highest BCUT2D eigenvalue weighted by molar-refractivity contribution is 5.93. The molecule has 2 aromatic rings. The van der Waals surface area contributed by atoms with Gasteiger partial charge in [0.05, 0.1) is 6.26 Å². The van der Waals surface area contributed by atoms with E-state index >= 15 is 0 Å². The number of nitrogens with one attached hydrogen (secondary N) is 1. The van der Waals surface area contributed by atoms with Crippen LogP contribution < -0.4 is 5.32 Å². The fraction of sp³-hybridized carbons (Fsp3) is 0.357. The number of anilines is 1. The summed E-state index contributed by atoms with van der Waals surface area (Å²) in [6.45, 7) is 0. The molecule has 0 bridgehead atoms. The van der Waals surface area contributed by atoms with E-state index in [1.54, 1.807) is 12.1 Å². The number of nitrogens with zero attached hydrogens (tertiary/aromatic N) is 2. The van der Waals surface area contributed by atoms with Crippen LogP contribution in [0.1, 0.15) is 36.0 Å². The summed E-state index contributed by atoms with van der Waals surface area (Å²) in [7, 11) is 0. The first kappa shape index (κ1) is 12.7. The Labute approximate surface area is 115 Å². The molecule has 0 spiro atoms. The summed E-state index contributed by atoms with van der Waals surface area (Å²) in [5.41, 5.74) is 0.0900. The standard InChI is InChI=1S/C14H15N3O3/c18-14(19)10-8-15-13(11-6-3-7-20-11)17-12(10)16-9-4-1-2-5-9/h3,6-9H,1-2,4-5H2,(H,18,19)(H,15,16,17). The van der Waals surface area contributed by atoms with Gasteiger partial charge in [0.2, 0.25) is 0 Å². The molecule has 6 heteroatoms. The van der Waals surface area contributed by atoms with E-state index in [0.29, 0.717) is 17.4 Å². The van der Waals surface area contributed by atoms with Crippen LogP contribution in [-0.4, -0.2) is 27.1 Å². The Morgan fingerprint density at radius 2 is 2.20 bits per heavy atom. The van der Waals surface area contributed by atoms with E-state index in [1.165, 1.54) is 12.5 Å². The first-order valence-corrected chi connectivity index (χ1v) is 6.65. The molecule has 1 fully saturated rings. The topological polar surface area (TPSA) is 88.2 Å². The van der Waals surface area contributed by atoms with Crippen LogP contribution in [0.25, 0.3) is 11.6 Å². The molecule has 1 saturated carbocycles. The Kier molecular flexibility index (Phi) is 3.37. The summed E-state index contributed by atoms with van der Waals surface area (Å²) in [5.74, 6) is 0.249. The molecule has 0 atom stereocenters. The molecule has 2 heterocycles. The van der Waals surface area contributed by atoms with E-state index in [2.05, 4.69) is 15.3 Å². The zero-order valence-corrected chi connectivity index (χ0v) is 10.9. The summed E-state index contributed by atoms with van der Waals surface area (Å²) in [4.78, 5) is 19.6. The molecule has 0 unspecified atom stereocenters. The van der Waals surface area contributed by atoms with Crippen molar-refractivity contribution in [2.45, 2.75) is 31.7 Å². The molecule has 0 aromatic carbocycles. The van der Waals surface area contributed by atoms with Gasteiger partial charge in [0.25, 0.3) is 0 Å². The number of rotatable bonds is 4. The van der Waals surface area contributed by atoms with Gasteiger partial charge >= 0.3 is 5.97 Å². The average Bonchev–Trinajstić information content (AvgIpc) is 3.11. The number of aromatic carboxylic acids is 1. The number of carboxylic acids is 1. The minimum atomic E-state index is -1.03. The highest BCUT2D eigenvalue weighted by atomic mass is 16.4. The maximum Gasteiger partial charge on any atom is 0.341 e. The predicted octanol–water partition coefficient (Wildman–Crippen LogP) is 2.79. The highest BCUT2D eigenvalue weighted by Crippen LogP contribution is 2.25. The van der Waals surface area contributed by atoms with E-state index in [9.17, 15) is 9.90 Å². The van der Waals surface area contributed by atoms with Crippen LogP contribution in [0.15, 0.2) is 29.0 Å². The molecular weight excluding hydrogens is 258 g/mol. The second-order valence-electron chi connectivity index (χ2n) is 4.86. The van der Waals surface area contributed by atoms with Crippen LogP contribution in [-0.2, 0) is 0 Å². The lowest BCUT2D eigenvalue weighted by Crippen LogP contribution is -2.19. The first-order valence-electron chi connectivity index (χ1n) is 6.65. The lowest BCUT2D eigenvalue weighted by atomic mass is 10.2. The summed E-state index contributed by atoms with van der Waals surface area (Å²) < 4.78 is 5.24. The zero-order chi connectivity index (χ0) is 13.9. The van der Waals surface area contributed by atoms with Crippen molar-refractivity contribution in [1.82, 2.24) is 9.97 Å². The Morgan fingerprint density at radius 3 is 2.85 bits per heavy atom. The van der Waals surface area contributed by atoms with E-state index in [1.807, 2.05) is 0 Å². The van der Waals surface area contributed by atoms with Crippen molar-refractivity contribution in [2.75, 3.05) is 5.32 Å². The van der Waals surface area contributed by atoms with Crippen LogP contribution >= 0.6 is 0 Å². The summed E-state index contributed by atoms with van der Waals surface area (Å²) in [5, 5.41) is 12.4. The molecule has 6 nitrogen and oxygen atoms in total. The van der Waals surface area contributed by atoms with E-state index < -0.39 is 5.97 Å². The Hall–Kier alpha value is -2.37. The fourth-order valence-electron chi connectivity index (χ4n) is 2.44. The third-order valence-corrected chi connectivity index (χ3v) is 3.46. The van der Waals surface area contributed by atoms with Crippen LogP contribution in [0.2, 0.25) is 0 Å². The summed E-state index contributed by atoms with van der Waals surface area (Å²) in [6, 6.07) is 3.77. The zero-order valence-electron chi connectivity index (χ0n) is 10.9. The minimum Gasteiger partial charge on any atom is -0.477 e. The average molecular weight is 273 g/mol. The number of carbonyl (C=O) groups is 1. The number of hydrogen-bond donors (Lipinski definition) is 2. The number of aromatic nitrogens is 2. The van der Waals surface area contributed by atoms with Gasteiger partial charge in [-0.05, 0) is 25.0 Å². The van der Waals surface area contributed by atoms with Gasteiger partial charge in [-0.25, -0.2) is 14.8 Å². The third kappa shape index (κ3) is 2.49. The van der Waals surface area contributed by atoms with Crippen molar-refractivity contribution in [2.24, 2.45) is 0 Å². The largest absolute Gasteiger partial charge is 0.477 e. The maximum absolute atomic E-state index is 11.2. The molecule has 0 aliphatic heterocycles. The molecule has 3 rings (SSSR count). The Morgan fingerprint density at radius 1 is 1.40 bits per heavy atom. The van der Waals surface area contributed by atoms with Crippen LogP contribution in [0, 0.1) is 0 Å². The monoisotopic (exact) mass is 273 g/mol. The van der Waals surface area contributed by atoms with Crippen LogP contribution in [0.3, 0.4) is 0 Å². The predicted molar refractivity (Wildman–Crippen MR) is 72.6 cm³/mol. The normalized spacial score (nSPS) is 15.4. The van der Waals surface area contributed by atoms with Gasteiger partial charge in [0, 0.05) is 12.2 Å². The SMILES string of the molecule is O=C(O)c1cnc(-c2ccco2)nc1NC1CCCC1. The van der Waals surface area contributed by atoms with Crippen LogP contribution in [0.4, 0.5) is 5.82 Å². The molecule has 2 N–H and O–H groups in total. The summed E-state index contributed by atoms with van der Waals surface area (Å²) in [6.07, 6.45) is 7.27. The second-order valence-corrected chi connectivity index (χ2v) is 4.86. The summed E-state index contributed by atoms with van der Waals surface area (Å²) >= 11 is 0. The molecule has 0 saturated heterocycles. The Balaban J connectivity index is 1.94. The van der Waals surface area contributed by atoms with Crippen molar-refractivity contribution in [3.63, 3.8) is 0 Å². The fourth-order valence-corrected chi connectivity index (χ4v) is 2.44. The van der Waals surface area contributed by atoms with Crippen molar-refractivity contribution in [3.05, 3.63) is 30.2 Å². The number of furan rings is 1.